The van der Waals surface area contributed by atoms with Crippen LogP contribution in [0.15, 0.2) is 21.0 Å². The van der Waals surface area contributed by atoms with Crippen molar-refractivity contribution in [3.05, 3.63) is 22.9 Å². The van der Waals surface area contributed by atoms with E-state index in [0.717, 1.165) is 23.4 Å². The van der Waals surface area contributed by atoms with Crippen molar-refractivity contribution in [2.24, 2.45) is 0 Å². The number of aromatic nitrogens is 4. The van der Waals surface area contributed by atoms with Gasteiger partial charge in [-0.05, 0) is 18.2 Å². The summed E-state index contributed by atoms with van der Waals surface area (Å²) < 4.78 is 5.30. The molecule has 0 atom stereocenters. The highest BCUT2D eigenvalue weighted by molar-refractivity contribution is 7.99. The molecule has 0 aliphatic carbocycles. The Morgan fingerprint density at radius 1 is 1.35 bits per heavy atom. The largest absolute Gasteiger partial charge is 0.416 e. The molecule has 0 aliphatic heterocycles. The van der Waals surface area contributed by atoms with Crippen molar-refractivity contribution >= 4 is 23.4 Å². The minimum Gasteiger partial charge on any atom is -0.416 e. The van der Waals surface area contributed by atoms with E-state index in [0.29, 0.717) is 16.3 Å². The van der Waals surface area contributed by atoms with Gasteiger partial charge in [0.2, 0.25) is 5.89 Å². The first-order valence-corrected chi connectivity index (χ1v) is 6.37. The smallest absolute Gasteiger partial charge is 0.282 e. The van der Waals surface area contributed by atoms with Crippen LogP contribution in [0.2, 0.25) is 5.15 Å². The normalized spacial score (nSPS) is 10.8. The van der Waals surface area contributed by atoms with Gasteiger partial charge in [0.15, 0.2) is 0 Å². The van der Waals surface area contributed by atoms with Crippen molar-refractivity contribution in [3.63, 3.8) is 0 Å². The quantitative estimate of drug-likeness (QED) is 0.796. The number of nitrogens with zero attached hydrogens (tertiary/aromatic N) is 4. The van der Waals surface area contributed by atoms with Gasteiger partial charge in [0.05, 0.1) is 0 Å². The lowest BCUT2D eigenvalue weighted by Gasteiger charge is -2.05. The minimum absolute atomic E-state index is 0.467. The Bertz CT molecular complexity index is 517. The average molecular weight is 271 g/mol. The molecule has 0 bridgehead atoms. The third-order valence-corrected chi connectivity index (χ3v) is 3.26. The van der Waals surface area contributed by atoms with E-state index in [1.165, 1.54) is 18.1 Å². The summed E-state index contributed by atoms with van der Waals surface area (Å²) in [7, 11) is 0. The summed E-state index contributed by atoms with van der Waals surface area (Å²) >= 11 is 7.36. The van der Waals surface area contributed by atoms with E-state index in [9.17, 15) is 0 Å². The van der Waals surface area contributed by atoms with Gasteiger partial charge in [0, 0.05) is 12.5 Å². The van der Waals surface area contributed by atoms with Crippen LogP contribution in [0.25, 0.3) is 0 Å². The molecule has 0 unspecified atom stereocenters. The maximum absolute atomic E-state index is 6.05. The molecule has 0 spiro atoms. The Morgan fingerprint density at radius 2 is 2.18 bits per heavy atom. The maximum Gasteiger partial charge on any atom is 0.282 e. The van der Waals surface area contributed by atoms with Crippen LogP contribution in [-0.4, -0.2) is 20.2 Å². The lowest BCUT2D eigenvalue weighted by molar-refractivity contribution is 0.429. The maximum atomic E-state index is 6.05. The van der Waals surface area contributed by atoms with Crippen LogP contribution < -0.4 is 0 Å². The lowest BCUT2D eigenvalue weighted by atomic mass is 10.2. The molecule has 5 nitrogen and oxygen atoms in total. The van der Waals surface area contributed by atoms with E-state index >= 15 is 0 Å². The van der Waals surface area contributed by atoms with Gasteiger partial charge in [0.25, 0.3) is 5.22 Å². The van der Waals surface area contributed by atoms with E-state index in [4.69, 9.17) is 16.0 Å². The molecule has 0 fully saturated rings. The van der Waals surface area contributed by atoms with Crippen LogP contribution >= 0.6 is 23.4 Å². The monoisotopic (exact) mass is 270 g/mol. The van der Waals surface area contributed by atoms with Crippen molar-refractivity contribution in [2.45, 2.75) is 36.9 Å². The Balaban J connectivity index is 2.28. The average Bonchev–Trinajstić information content (AvgIpc) is 2.69. The Morgan fingerprint density at radius 3 is 2.82 bits per heavy atom. The molecule has 0 amide bonds. The van der Waals surface area contributed by atoms with Crippen molar-refractivity contribution in [2.75, 3.05) is 0 Å². The summed E-state index contributed by atoms with van der Waals surface area (Å²) in [6.45, 7) is 3.82. The number of hydrogen-bond acceptors (Lipinski definition) is 6. The number of hydrogen-bond donors (Lipinski definition) is 0. The van der Waals surface area contributed by atoms with Gasteiger partial charge in [-0.1, -0.05) is 24.9 Å². The number of aryl methyl sites for hydroxylation is 1. The van der Waals surface area contributed by atoms with Crippen molar-refractivity contribution in [1.82, 2.24) is 20.2 Å². The fourth-order valence-electron chi connectivity index (χ4n) is 1.33. The van der Waals surface area contributed by atoms with Crippen molar-refractivity contribution < 1.29 is 4.42 Å². The molecule has 0 saturated heterocycles. The second-order valence-corrected chi connectivity index (χ2v) is 4.69. The van der Waals surface area contributed by atoms with Gasteiger partial charge in [-0.25, -0.2) is 9.97 Å². The van der Waals surface area contributed by atoms with Crippen LogP contribution in [0.5, 0.6) is 0 Å². The minimum atomic E-state index is 0.467. The molecule has 0 N–H and O–H groups in total. The van der Waals surface area contributed by atoms with Gasteiger partial charge in [-0.15, -0.1) is 10.2 Å². The van der Waals surface area contributed by atoms with Crippen LogP contribution in [0.1, 0.15) is 24.8 Å². The molecule has 2 aromatic heterocycles. The summed E-state index contributed by atoms with van der Waals surface area (Å²) in [6.07, 6.45) is 3.24. The van der Waals surface area contributed by atoms with Gasteiger partial charge in [0.1, 0.15) is 16.5 Å². The van der Waals surface area contributed by atoms with E-state index in [2.05, 4.69) is 27.1 Å². The molecule has 2 rings (SSSR count). The Kier molecular flexibility index (Phi) is 3.96. The van der Waals surface area contributed by atoms with Gasteiger partial charge >= 0.3 is 0 Å². The number of halogens is 1. The molecular formula is C10H11ClN4OS. The molecule has 0 aromatic carbocycles. The fraction of sp³-hybridized carbons (Fsp3) is 0.400. The Hall–Kier alpha value is -1.14. The van der Waals surface area contributed by atoms with Crippen LogP contribution in [0.4, 0.5) is 0 Å². The van der Waals surface area contributed by atoms with E-state index < -0.39 is 0 Å². The Labute approximate surface area is 108 Å². The molecule has 0 saturated carbocycles. The van der Waals surface area contributed by atoms with Gasteiger partial charge in [-0.3, -0.25) is 0 Å². The second-order valence-electron chi connectivity index (χ2n) is 3.39. The molecule has 2 heterocycles. The van der Waals surface area contributed by atoms with Gasteiger partial charge < -0.3 is 4.42 Å². The highest BCUT2D eigenvalue weighted by Gasteiger charge is 2.13. The molecule has 7 heteroatoms. The lowest BCUT2D eigenvalue weighted by Crippen LogP contribution is -1.95. The zero-order valence-electron chi connectivity index (χ0n) is 9.47. The summed E-state index contributed by atoms with van der Waals surface area (Å²) in [5, 5.41) is 9.41. The van der Waals surface area contributed by atoms with E-state index in [1.807, 2.05) is 0 Å². The van der Waals surface area contributed by atoms with E-state index in [1.54, 1.807) is 6.92 Å². The third kappa shape index (κ3) is 2.95. The van der Waals surface area contributed by atoms with Crippen LogP contribution in [0, 0.1) is 6.92 Å². The first-order valence-electron chi connectivity index (χ1n) is 5.18. The predicted octanol–water partition coefficient (Wildman–Crippen LogP) is 2.93. The van der Waals surface area contributed by atoms with Gasteiger partial charge in [-0.2, -0.15) is 0 Å². The summed E-state index contributed by atoms with van der Waals surface area (Å²) in [5.41, 5.74) is 0.928. The summed E-state index contributed by atoms with van der Waals surface area (Å²) in [4.78, 5) is 8.18. The summed E-state index contributed by atoms with van der Waals surface area (Å²) in [5.74, 6) is 0.532. The fourth-order valence-corrected chi connectivity index (χ4v) is 2.44. The SMILES string of the molecule is CCCc1c(Cl)ncnc1Sc1nnc(C)o1. The third-order valence-electron chi connectivity index (χ3n) is 2.04. The molecule has 17 heavy (non-hydrogen) atoms. The zero-order chi connectivity index (χ0) is 12.3. The second kappa shape index (κ2) is 5.46. The van der Waals surface area contributed by atoms with Crippen LogP contribution in [-0.2, 0) is 6.42 Å². The van der Waals surface area contributed by atoms with Crippen molar-refractivity contribution in [3.8, 4) is 0 Å². The number of rotatable bonds is 4. The standard InChI is InChI=1S/C10H11ClN4OS/c1-3-4-7-8(11)12-5-13-9(7)17-10-15-14-6(2)16-10/h5H,3-4H2,1-2H3. The topological polar surface area (TPSA) is 64.7 Å². The molecule has 2 aromatic rings. The molecule has 90 valence electrons. The van der Waals surface area contributed by atoms with E-state index in [-0.39, 0.29) is 0 Å². The highest BCUT2D eigenvalue weighted by Crippen LogP contribution is 2.30. The molecular weight excluding hydrogens is 260 g/mol. The first kappa shape index (κ1) is 12.3. The first-order chi connectivity index (χ1) is 8.20. The molecule has 0 aliphatic rings. The van der Waals surface area contributed by atoms with Crippen LogP contribution in [0.3, 0.4) is 0 Å². The van der Waals surface area contributed by atoms with Crippen molar-refractivity contribution in [1.29, 1.82) is 0 Å². The highest BCUT2D eigenvalue weighted by atomic mass is 35.5. The summed E-state index contributed by atoms with van der Waals surface area (Å²) in [6, 6.07) is 0. The predicted molar refractivity (Wildman–Crippen MR) is 64.2 cm³/mol. The zero-order valence-corrected chi connectivity index (χ0v) is 11.0. The molecule has 0 radical (unpaired) electrons.